The van der Waals surface area contributed by atoms with E-state index in [0.717, 1.165) is 32.1 Å². The van der Waals surface area contributed by atoms with Crippen molar-refractivity contribution in [2.45, 2.75) is 78.2 Å². The predicted octanol–water partition coefficient (Wildman–Crippen LogP) is 3.23. The number of rotatable bonds is 3. The molecule has 1 amide bonds. The van der Waals surface area contributed by atoms with E-state index < -0.39 is 0 Å². The second-order valence-electron chi connectivity index (χ2n) is 8.03. The Kier molecular flexibility index (Phi) is 4.78. The van der Waals surface area contributed by atoms with Crippen LogP contribution < -0.4 is 11.1 Å². The molecule has 0 heterocycles. The van der Waals surface area contributed by atoms with E-state index in [1.807, 2.05) is 0 Å². The minimum Gasteiger partial charge on any atom is -0.353 e. The quantitative estimate of drug-likeness (QED) is 0.834. The minimum absolute atomic E-state index is 0.235. The molecule has 0 saturated heterocycles. The molecule has 0 radical (unpaired) electrons. The van der Waals surface area contributed by atoms with Gasteiger partial charge in [0.2, 0.25) is 5.91 Å². The van der Waals surface area contributed by atoms with Gasteiger partial charge in [-0.2, -0.15) is 0 Å². The molecule has 2 rings (SSSR count). The fourth-order valence-electron chi connectivity index (χ4n) is 4.24. The van der Waals surface area contributed by atoms with E-state index >= 15 is 0 Å². The van der Waals surface area contributed by atoms with Gasteiger partial charge in [-0.3, -0.25) is 4.79 Å². The van der Waals surface area contributed by atoms with Crippen LogP contribution in [-0.4, -0.2) is 18.5 Å². The lowest BCUT2D eigenvalue weighted by Crippen LogP contribution is -2.52. The van der Waals surface area contributed by atoms with Crippen LogP contribution in [0.15, 0.2) is 0 Å². The van der Waals surface area contributed by atoms with Gasteiger partial charge in [-0.25, -0.2) is 0 Å². The lowest BCUT2D eigenvalue weighted by atomic mass is 9.69. The van der Waals surface area contributed by atoms with Crippen LogP contribution in [-0.2, 0) is 4.79 Å². The van der Waals surface area contributed by atoms with Gasteiger partial charge in [0, 0.05) is 12.6 Å². The average molecular weight is 280 g/mol. The Morgan fingerprint density at radius 1 is 1.15 bits per heavy atom. The van der Waals surface area contributed by atoms with Crippen LogP contribution >= 0.6 is 0 Å². The first-order valence-corrected chi connectivity index (χ1v) is 8.40. The highest BCUT2D eigenvalue weighted by atomic mass is 16.2. The van der Waals surface area contributed by atoms with Crippen LogP contribution in [0.4, 0.5) is 0 Å². The zero-order chi connectivity index (χ0) is 14.8. The fourth-order valence-corrected chi connectivity index (χ4v) is 4.24. The van der Waals surface area contributed by atoms with Gasteiger partial charge in [0.15, 0.2) is 0 Å². The molecule has 3 nitrogen and oxygen atoms in total. The molecule has 0 aromatic carbocycles. The minimum atomic E-state index is -0.264. The standard InChI is InChI=1S/C17H32N2O/c1-16(2,3)13-8-4-5-9-14(13)19-15(20)17(12-18)10-6-7-11-17/h13-14H,4-12,18H2,1-3H3,(H,19,20). The van der Waals surface area contributed by atoms with Gasteiger partial charge in [0.1, 0.15) is 0 Å². The number of nitrogens with two attached hydrogens (primary N) is 1. The Hall–Kier alpha value is -0.570. The number of carbonyl (C=O) groups excluding carboxylic acids is 1. The number of amides is 1. The molecule has 2 saturated carbocycles. The van der Waals surface area contributed by atoms with E-state index in [4.69, 9.17) is 5.73 Å². The smallest absolute Gasteiger partial charge is 0.227 e. The second kappa shape index (κ2) is 6.05. The van der Waals surface area contributed by atoms with Gasteiger partial charge < -0.3 is 11.1 Å². The van der Waals surface area contributed by atoms with Crippen molar-refractivity contribution >= 4 is 5.91 Å². The Bertz CT molecular complexity index is 339. The summed E-state index contributed by atoms with van der Waals surface area (Å²) in [4.78, 5) is 12.7. The first-order valence-electron chi connectivity index (χ1n) is 8.40. The van der Waals surface area contributed by atoms with Crippen molar-refractivity contribution < 1.29 is 4.79 Å². The second-order valence-corrected chi connectivity index (χ2v) is 8.03. The van der Waals surface area contributed by atoms with E-state index in [2.05, 4.69) is 26.1 Å². The zero-order valence-electron chi connectivity index (χ0n) is 13.5. The number of hydrogen-bond acceptors (Lipinski definition) is 2. The predicted molar refractivity (Wildman–Crippen MR) is 83.3 cm³/mol. The largest absolute Gasteiger partial charge is 0.353 e. The molecule has 116 valence electrons. The lowest BCUT2D eigenvalue weighted by Gasteiger charge is -2.42. The van der Waals surface area contributed by atoms with E-state index in [9.17, 15) is 4.79 Å². The maximum Gasteiger partial charge on any atom is 0.227 e. The summed E-state index contributed by atoms with van der Waals surface area (Å²) in [6, 6.07) is 0.347. The molecule has 3 heteroatoms. The zero-order valence-corrected chi connectivity index (χ0v) is 13.5. The Morgan fingerprint density at radius 2 is 1.75 bits per heavy atom. The van der Waals surface area contributed by atoms with Gasteiger partial charge in [0.05, 0.1) is 5.41 Å². The van der Waals surface area contributed by atoms with Crippen LogP contribution in [0, 0.1) is 16.7 Å². The van der Waals surface area contributed by atoms with Crippen LogP contribution in [0.2, 0.25) is 0 Å². The van der Waals surface area contributed by atoms with Crippen LogP contribution in [0.3, 0.4) is 0 Å². The summed E-state index contributed by atoms with van der Waals surface area (Å²) in [5.74, 6) is 0.829. The van der Waals surface area contributed by atoms with Crippen LogP contribution in [0.1, 0.15) is 72.1 Å². The molecule has 0 aromatic rings. The molecule has 2 fully saturated rings. The van der Waals surface area contributed by atoms with Crippen LogP contribution in [0.5, 0.6) is 0 Å². The Balaban J connectivity index is 2.05. The molecule has 2 atom stereocenters. The molecule has 0 aliphatic heterocycles. The van der Waals surface area contributed by atoms with Crippen molar-refractivity contribution in [3.05, 3.63) is 0 Å². The van der Waals surface area contributed by atoms with Crippen molar-refractivity contribution in [1.82, 2.24) is 5.32 Å². The summed E-state index contributed by atoms with van der Waals surface area (Å²) in [6.07, 6.45) is 9.17. The maximum atomic E-state index is 12.7. The van der Waals surface area contributed by atoms with E-state index in [0.29, 0.717) is 18.5 Å². The third kappa shape index (κ3) is 3.19. The monoisotopic (exact) mass is 280 g/mol. The van der Waals surface area contributed by atoms with Crippen molar-refractivity contribution in [1.29, 1.82) is 0 Å². The van der Waals surface area contributed by atoms with Gasteiger partial charge in [0.25, 0.3) is 0 Å². The highest BCUT2D eigenvalue weighted by molar-refractivity contribution is 5.83. The first-order chi connectivity index (χ1) is 9.39. The topological polar surface area (TPSA) is 55.1 Å². The number of hydrogen-bond donors (Lipinski definition) is 2. The normalized spacial score (nSPS) is 30.2. The van der Waals surface area contributed by atoms with E-state index in [1.165, 1.54) is 19.3 Å². The molecule has 0 aromatic heterocycles. The summed E-state index contributed by atoms with van der Waals surface area (Å²) in [6.45, 7) is 7.41. The van der Waals surface area contributed by atoms with Gasteiger partial charge in [-0.05, 0) is 37.0 Å². The summed E-state index contributed by atoms with van der Waals surface area (Å²) in [5.41, 5.74) is 5.94. The third-order valence-corrected chi connectivity index (χ3v) is 5.63. The van der Waals surface area contributed by atoms with Crippen molar-refractivity contribution in [2.24, 2.45) is 22.5 Å². The molecule has 3 N–H and O–H groups in total. The summed E-state index contributed by atoms with van der Waals surface area (Å²) in [5, 5.41) is 3.39. The van der Waals surface area contributed by atoms with Crippen molar-refractivity contribution in [3.63, 3.8) is 0 Å². The summed E-state index contributed by atoms with van der Waals surface area (Å²) in [7, 11) is 0. The third-order valence-electron chi connectivity index (χ3n) is 5.63. The van der Waals surface area contributed by atoms with E-state index in [-0.39, 0.29) is 16.7 Å². The molecule has 2 aliphatic rings. The summed E-state index contributed by atoms with van der Waals surface area (Å²) >= 11 is 0. The highest BCUT2D eigenvalue weighted by Crippen LogP contribution is 2.40. The molecule has 0 bridgehead atoms. The molecule has 2 aliphatic carbocycles. The number of nitrogens with one attached hydrogen (secondary N) is 1. The fraction of sp³-hybridized carbons (Fsp3) is 0.941. The molecular weight excluding hydrogens is 248 g/mol. The summed E-state index contributed by atoms with van der Waals surface area (Å²) < 4.78 is 0. The Morgan fingerprint density at radius 3 is 2.30 bits per heavy atom. The first kappa shape index (κ1) is 15.8. The molecule has 20 heavy (non-hydrogen) atoms. The van der Waals surface area contributed by atoms with Gasteiger partial charge >= 0.3 is 0 Å². The highest BCUT2D eigenvalue weighted by Gasteiger charge is 2.42. The van der Waals surface area contributed by atoms with Gasteiger partial charge in [-0.15, -0.1) is 0 Å². The van der Waals surface area contributed by atoms with Gasteiger partial charge in [-0.1, -0.05) is 46.5 Å². The lowest BCUT2D eigenvalue weighted by molar-refractivity contribution is -0.132. The molecule has 2 unspecified atom stereocenters. The molecular formula is C17H32N2O. The van der Waals surface area contributed by atoms with Crippen molar-refractivity contribution in [3.8, 4) is 0 Å². The maximum absolute atomic E-state index is 12.7. The Labute approximate surface area is 124 Å². The van der Waals surface area contributed by atoms with E-state index in [1.54, 1.807) is 0 Å². The molecule has 0 spiro atoms. The average Bonchev–Trinajstić information content (AvgIpc) is 2.88. The van der Waals surface area contributed by atoms with Crippen LogP contribution in [0.25, 0.3) is 0 Å². The number of carbonyl (C=O) groups is 1. The SMILES string of the molecule is CC(C)(C)C1CCCCC1NC(=O)C1(CN)CCCC1. The van der Waals surface area contributed by atoms with Crippen molar-refractivity contribution in [2.75, 3.05) is 6.54 Å².